The number of unbranched alkanes of at least 4 members (excludes halogenated alkanes) is 1. The lowest BCUT2D eigenvalue weighted by Gasteiger charge is -2.34. The summed E-state index contributed by atoms with van der Waals surface area (Å²) in [6, 6.07) is 26.3. The Morgan fingerprint density at radius 2 is 0.840 bits per heavy atom. The van der Waals surface area contributed by atoms with Crippen LogP contribution in [0, 0.1) is 0 Å². The Hall–Kier alpha value is -4.95. The highest BCUT2D eigenvalue weighted by Gasteiger charge is 2.42. The number of carbonyl (C=O) groups is 3. The quantitative estimate of drug-likeness (QED) is 0.0582. The molecule has 0 amide bonds. The maximum absolute atomic E-state index is 11.9. The molecule has 2 unspecified atom stereocenters. The van der Waals surface area contributed by atoms with E-state index in [4.69, 9.17) is 4.74 Å². The Morgan fingerprint density at radius 1 is 0.453 bits per heavy atom. The fourth-order valence-corrected chi connectivity index (χ4v) is 12.4. The number of hydrogen-bond donors (Lipinski definition) is 0. The number of rotatable bonds is 23. The molecule has 3 aromatic carbocycles. The fourth-order valence-electron chi connectivity index (χ4n) is 12.4. The van der Waals surface area contributed by atoms with Gasteiger partial charge in [-0.1, -0.05) is 81.8 Å². The lowest BCUT2D eigenvalue weighted by molar-refractivity contribution is 0.00758. The second kappa shape index (κ2) is 27.9. The number of aryl methyl sites for hydroxylation is 3. The molecule has 4 aliphatic rings. The molecule has 75 heavy (non-hydrogen) atoms. The van der Waals surface area contributed by atoms with Crippen molar-refractivity contribution in [2.45, 2.75) is 144 Å². The molecule has 4 fully saturated rings. The number of para-hydroxylation sites is 3. The number of carbonyl (C=O) groups excluding carboxylic acids is 3. The van der Waals surface area contributed by atoms with Gasteiger partial charge in [-0.15, -0.1) is 0 Å². The molecule has 7 heterocycles. The van der Waals surface area contributed by atoms with Crippen molar-refractivity contribution in [2.24, 2.45) is 0 Å². The van der Waals surface area contributed by atoms with Gasteiger partial charge in [0.05, 0.1) is 6.10 Å². The lowest BCUT2D eigenvalue weighted by atomic mass is 10.1. The Morgan fingerprint density at radius 3 is 1.23 bits per heavy atom. The molecule has 2 atom stereocenters. The number of aromatic nitrogens is 3. The third kappa shape index (κ3) is 14.8. The highest BCUT2D eigenvalue weighted by atomic mass is 16.5. The molecule has 0 aliphatic carbocycles. The van der Waals surface area contributed by atoms with E-state index in [1.54, 1.807) is 20.8 Å². The van der Waals surface area contributed by atoms with E-state index in [-0.39, 0.29) is 17.3 Å². The maximum atomic E-state index is 11.9. The normalized spacial score (nSPS) is 19.0. The van der Waals surface area contributed by atoms with Gasteiger partial charge in [-0.25, -0.2) is 0 Å². The van der Waals surface area contributed by atoms with Crippen LogP contribution in [-0.4, -0.2) is 165 Å². The average molecular weight is 1020 g/mol. The van der Waals surface area contributed by atoms with Crippen molar-refractivity contribution in [1.29, 1.82) is 0 Å². The monoisotopic (exact) mass is 1020 g/mol. The zero-order chi connectivity index (χ0) is 52.7. The number of nitrogens with zero attached hydrogens (tertiary/aromatic N) is 8. The number of ketones is 3. The minimum atomic E-state index is 0.143. The first-order valence-corrected chi connectivity index (χ1v) is 29.1. The third-order valence-corrected chi connectivity index (χ3v) is 16.5. The van der Waals surface area contributed by atoms with Gasteiger partial charge < -0.3 is 33.1 Å². The van der Waals surface area contributed by atoms with Gasteiger partial charge in [0.15, 0.2) is 17.3 Å². The Balaban J connectivity index is 0.000000150. The van der Waals surface area contributed by atoms with Crippen LogP contribution in [0.15, 0.2) is 91.4 Å². The standard InChI is InChI=1S/C22H31N3O.C21H30N2O2.C20H29N3O/c1-3-4-10-23-14-19-13-18(23)15-24(19)11-7-12-25-16-21(17(2)26)20-8-5-6-9-22(20)25;1-3-15-25-18-9-13-22(14-10-18)11-6-12-23-16-20(17(2)24)19-7-4-5-8-21(19)23;1-3-9-21-12-14-22(15-13-21)10-6-11-23-16-19(17(2)24)18-7-4-5-8-20(18)23/h5-6,8-9,16,18-19H,3-4,7,10-15H2,1-2H3;4-5,7-8,16,18H,3,6,9-15H2,1-2H3;4-5,7-8,16H,3,6,9-15H2,1-2H3. The van der Waals surface area contributed by atoms with Gasteiger partial charge in [0.2, 0.25) is 0 Å². The maximum Gasteiger partial charge on any atom is 0.161 e. The van der Waals surface area contributed by atoms with Gasteiger partial charge in [-0.3, -0.25) is 24.2 Å². The zero-order valence-corrected chi connectivity index (χ0v) is 46.7. The molecule has 2 bridgehead atoms. The number of fused-ring (bicyclic) bond motifs is 5. The summed E-state index contributed by atoms with van der Waals surface area (Å²) >= 11 is 0. The summed E-state index contributed by atoms with van der Waals surface area (Å²) in [6.07, 6.45) is 18.6. The summed E-state index contributed by atoms with van der Waals surface area (Å²) in [5.41, 5.74) is 6.07. The molecule has 406 valence electrons. The number of benzene rings is 3. The van der Waals surface area contributed by atoms with Crippen molar-refractivity contribution in [3.8, 4) is 0 Å². The third-order valence-electron chi connectivity index (χ3n) is 16.5. The number of Topliss-reactive ketones (excluding diaryl/α,β-unsaturated/α-hetero) is 3. The van der Waals surface area contributed by atoms with E-state index in [0.717, 1.165) is 136 Å². The summed E-state index contributed by atoms with van der Waals surface area (Å²) in [5.74, 6) is 0.449. The first kappa shape index (κ1) is 56.3. The Bertz CT molecular complexity index is 2760. The van der Waals surface area contributed by atoms with E-state index in [0.29, 0.717) is 6.10 Å². The molecule has 4 saturated heterocycles. The number of likely N-dealkylation sites (tertiary alicyclic amines) is 3. The molecule has 12 heteroatoms. The van der Waals surface area contributed by atoms with E-state index in [2.05, 4.69) is 108 Å². The van der Waals surface area contributed by atoms with Crippen LogP contribution in [0.4, 0.5) is 0 Å². The molecule has 0 spiro atoms. The van der Waals surface area contributed by atoms with Crippen molar-refractivity contribution in [3.63, 3.8) is 0 Å². The Kier molecular flexibility index (Phi) is 20.9. The summed E-state index contributed by atoms with van der Waals surface area (Å²) in [7, 11) is 0. The summed E-state index contributed by atoms with van der Waals surface area (Å²) in [5, 5.41) is 3.24. The van der Waals surface area contributed by atoms with Crippen molar-refractivity contribution >= 4 is 50.1 Å². The topological polar surface area (TPSA) is 91.4 Å². The Labute approximate surface area is 448 Å². The second-order valence-electron chi connectivity index (χ2n) is 22.0. The molecule has 3 aromatic heterocycles. The van der Waals surface area contributed by atoms with Crippen LogP contribution in [0.25, 0.3) is 32.7 Å². The molecular formula is C63H90N8O4. The molecule has 0 radical (unpaired) electrons. The number of hydrogen-bond acceptors (Lipinski definition) is 9. The number of piperazine rings is 2. The van der Waals surface area contributed by atoms with Crippen molar-refractivity contribution in [3.05, 3.63) is 108 Å². The summed E-state index contributed by atoms with van der Waals surface area (Å²) in [6.45, 7) is 31.0. The van der Waals surface area contributed by atoms with Crippen LogP contribution in [0.5, 0.6) is 0 Å². The molecule has 0 saturated carbocycles. The van der Waals surface area contributed by atoms with Crippen LogP contribution < -0.4 is 0 Å². The van der Waals surface area contributed by atoms with E-state index in [9.17, 15) is 14.4 Å². The zero-order valence-electron chi connectivity index (χ0n) is 46.7. The first-order chi connectivity index (χ1) is 36.5. The molecular weight excluding hydrogens is 933 g/mol. The van der Waals surface area contributed by atoms with E-state index in [1.807, 2.05) is 42.7 Å². The largest absolute Gasteiger partial charge is 0.378 e. The second-order valence-corrected chi connectivity index (χ2v) is 22.0. The SMILES string of the molecule is CCCCN1CC2CC1CN2CCCn1cc(C(C)=O)c2ccccc21.CCCN1CCN(CCCn2cc(C(C)=O)c3ccccc32)CC1.CCCOC1CCN(CCCn2cc(C(C)=O)c3ccccc32)CC1. The van der Waals surface area contributed by atoms with Crippen LogP contribution in [0.2, 0.25) is 0 Å². The van der Waals surface area contributed by atoms with Gasteiger partial charge >= 0.3 is 0 Å². The molecule has 4 aliphatic heterocycles. The predicted octanol–water partition coefficient (Wildman–Crippen LogP) is 11.2. The smallest absolute Gasteiger partial charge is 0.161 e. The number of ether oxygens (including phenoxy) is 1. The number of piperidine rings is 1. The summed E-state index contributed by atoms with van der Waals surface area (Å²) < 4.78 is 12.6. The first-order valence-electron chi connectivity index (χ1n) is 29.1. The van der Waals surface area contributed by atoms with E-state index >= 15 is 0 Å². The molecule has 12 nitrogen and oxygen atoms in total. The highest BCUT2D eigenvalue weighted by Crippen LogP contribution is 2.31. The predicted molar refractivity (Wildman–Crippen MR) is 309 cm³/mol. The van der Waals surface area contributed by atoms with Gasteiger partial charge in [0, 0.05) is 165 Å². The van der Waals surface area contributed by atoms with Crippen LogP contribution in [0.1, 0.15) is 137 Å². The average Bonchev–Trinajstić information content (AvgIpc) is 4.27. The molecule has 0 N–H and O–H groups in total. The van der Waals surface area contributed by atoms with Crippen molar-refractivity contribution in [2.75, 3.05) is 91.7 Å². The van der Waals surface area contributed by atoms with Gasteiger partial charge in [-0.05, 0) is 123 Å². The molecule has 6 aromatic rings. The molecule has 10 rings (SSSR count). The van der Waals surface area contributed by atoms with E-state index in [1.165, 1.54) is 101 Å². The van der Waals surface area contributed by atoms with Crippen molar-refractivity contribution in [1.82, 2.24) is 38.2 Å². The fraction of sp³-hybridized carbons (Fsp3) is 0.571. The van der Waals surface area contributed by atoms with Gasteiger partial charge in [-0.2, -0.15) is 0 Å². The van der Waals surface area contributed by atoms with Crippen LogP contribution in [-0.2, 0) is 24.4 Å². The lowest BCUT2D eigenvalue weighted by Crippen LogP contribution is -2.46. The minimum Gasteiger partial charge on any atom is -0.378 e. The minimum absolute atomic E-state index is 0.143. The van der Waals surface area contributed by atoms with Crippen LogP contribution >= 0.6 is 0 Å². The van der Waals surface area contributed by atoms with Gasteiger partial charge in [0.25, 0.3) is 0 Å². The van der Waals surface area contributed by atoms with Gasteiger partial charge in [0.1, 0.15) is 0 Å². The summed E-state index contributed by atoms with van der Waals surface area (Å²) in [4.78, 5) is 48.7. The van der Waals surface area contributed by atoms with Crippen LogP contribution in [0.3, 0.4) is 0 Å². The highest BCUT2D eigenvalue weighted by molar-refractivity contribution is 6.08. The van der Waals surface area contributed by atoms with Crippen molar-refractivity contribution < 1.29 is 19.1 Å². The van der Waals surface area contributed by atoms with E-state index < -0.39 is 0 Å².